The Bertz CT molecular complexity index is 833. The maximum Gasteiger partial charge on any atom is 0.347 e. The summed E-state index contributed by atoms with van der Waals surface area (Å²) < 4.78 is 1.40. The van der Waals surface area contributed by atoms with Crippen LogP contribution in [0.4, 0.5) is 10.5 Å². The highest BCUT2D eigenvalue weighted by Gasteiger charge is 2.11. The van der Waals surface area contributed by atoms with Gasteiger partial charge >= 0.3 is 6.03 Å². The Morgan fingerprint density at radius 3 is 2.62 bits per heavy atom. The van der Waals surface area contributed by atoms with Crippen molar-refractivity contribution in [3.8, 4) is 0 Å². The number of hydrogen-bond acceptors (Lipinski definition) is 2. The molecule has 0 saturated heterocycles. The maximum absolute atomic E-state index is 12.4. The zero-order chi connectivity index (χ0) is 15.0. The molecule has 3 rings (SSSR count). The molecular weight excluding hydrogens is 262 g/mol. The third-order valence-corrected chi connectivity index (χ3v) is 3.78. The number of aromatic nitrogens is 2. The fourth-order valence-corrected chi connectivity index (χ4v) is 2.35. The molecule has 1 aromatic heterocycles. The van der Waals surface area contributed by atoms with Crippen LogP contribution in [0.5, 0.6) is 0 Å². The number of benzene rings is 2. The quantitative estimate of drug-likeness (QED) is 0.730. The van der Waals surface area contributed by atoms with Gasteiger partial charge in [0, 0.05) is 11.1 Å². The highest BCUT2D eigenvalue weighted by atomic mass is 16.2. The lowest BCUT2D eigenvalue weighted by Gasteiger charge is -2.08. The molecule has 1 N–H and O–H groups in total. The lowest BCUT2D eigenvalue weighted by Crippen LogP contribution is -2.20. The molecule has 0 fully saturated rings. The largest absolute Gasteiger partial charge is 0.347 e. The minimum absolute atomic E-state index is 0.251. The first-order valence-corrected chi connectivity index (χ1v) is 6.88. The van der Waals surface area contributed by atoms with Crippen LogP contribution in [0.2, 0.25) is 0 Å². The van der Waals surface area contributed by atoms with Crippen LogP contribution in [0.3, 0.4) is 0 Å². The maximum atomic E-state index is 12.4. The number of anilines is 1. The van der Waals surface area contributed by atoms with E-state index in [2.05, 4.69) is 10.4 Å². The van der Waals surface area contributed by atoms with Gasteiger partial charge in [-0.1, -0.05) is 18.2 Å². The molecule has 1 heterocycles. The van der Waals surface area contributed by atoms with Gasteiger partial charge < -0.3 is 5.32 Å². The molecule has 0 aliphatic heterocycles. The van der Waals surface area contributed by atoms with Crippen LogP contribution in [0, 0.1) is 20.8 Å². The van der Waals surface area contributed by atoms with Gasteiger partial charge in [0.05, 0.1) is 11.7 Å². The van der Waals surface area contributed by atoms with E-state index >= 15 is 0 Å². The Morgan fingerprint density at radius 2 is 1.86 bits per heavy atom. The topological polar surface area (TPSA) is 46.9 Å². The molecule has 0 aliphatic rings. The molecule has 0 unspecified atom stereocenters. The summed E-state index contributed by atoms with van der Waals surface area (Å²) in [6.07, 6.45) is 1.73. The van der Waals surface area contributed by atoms with E-state index in [0.717, 1.165) is 27.7 Å². The van der Waals surface area contributed by atoms with Crippen LogP contribution in [0.15, 0.2) is 42.6 Å². The minimum Gasteiger partial charge on any atom is -0.306 e. The van der Waals surface area contributed by atoms with Gasteiger partial charge in [-0.3, -0.25) is 0 Å². The van der Waals surface area contributed by atoms with Gasteiger partial charge in [-0.25, -0.2) is 4.79 Å². The van der Waals surface area contributed by atoms with Crippen molar-refractivity contribution in [2.75, 3.05) is 5.32 Å². The van der Waals surface area contributed by atoms with Gasteiger partial charge in [-0.15, -0.1) is 0 Å². The standard InChI is InChI=1S/C17H17N3O/c1-11-7-8-14(9-13(11)3)19-17(21)20-16-6-4-5-12(2)15(16)10-18-20/h4-10H,1-3H3,(H,19,21). The van der Waals surface area contributed by atoms with Gasteiger partial charge in [0.15, 0.2) is 0 Å². The zero-order valence-electron chi connectivity index (χ0n) is 12.3. The number of fused-ring (bicyclic) bond motifs is 1. The van der Waals surface area contributed by atoms with Gasteiger partial charge in [0.2, 0.25) is 0 Å². The second-order valence-electron chi connectivity index (χ2n) is 5.29. The van der Waals surface area contributed by atoms with E-state index in [-0.39, 0.29) is 6.03 Å². The monoisotopic (exact) mass is 279 g/mol. The Balaban J connectivity index is 1.94. The predicted molar refractivity (Wildman–Crippen MR) is 84.8 cm³/mol. The summed E-state index contributed by atoms with van der Waals surface area (Å²) >= 11 is 0. The summed E-state index contributed by atoms with van der Waals surface area (Å²) in [5, 5.41) is 8.08. The molecule has 4 heteroatoms. The molecule has 4 nitrogen and oxygen atoms in total. The number of hydrogen-bond donors (Lipinski definition) is 1. The SMILES string of the molecule is Cc1ccc(NC(=O)n2ncc3c(C)cccc32)cc1C. The van der Waals surface area contributed by atoms with Crippen molar-refractivity contribution < 1.29 is 4.79 Å². The first-order valence-electron chi connectivity index (χ1n) is 6.88. The number of aryl methyl sites for hydroxylation is 3. The second kappa shape index (κ2) is 5.05. The van der Waals surface area contributed by atoms with Crippen molar-refractivity contribution in [2.45, 2.75) is 20.8 Å². The van der Waals surface area contributed by atoms with Crippen molar-refractivity contribution in [3.05, 3.63) is 59.3 Å². The summed E-state index contributed by atoms with van der Waals surface area (Å²) in [7, 11) is 0. The van der Waals surface area contributed by atoms with Crippen molar-refractivity contribution in [1.82, 2.24) is 9.78 Å². The summed E-state index contributed by atoms with van der Waals surface area (Å²) in [5.41, 5.74) is 5.05. The van der Waals surface area contributed by atoms with Crippen molar-refractivity contribution in [3.63, 3.8) is 0 Å². The molecule has 0 atom stereocenters. The van der Waals surface area contributed by atoms with Gasteiger partial charge in [0.1, 0.15) is 0 Å². The van der Waals surface area contributed by atoms with Crippen molar-refractivity contribution in [2.24, 2.45) is 0 Å². The molecule has 21 heavy (non-hydrogen) atoms. The molecule has 2 aromatic carbocycles. The fourth-order valence-electron chi connectivity index (χ4n) is 2.35. The number of nitrogens with zero attached hydrogens (tertiary/aromatic N) is 2. The van der Waals surface area contributed by atoms with Crippen LogP contribution in [-0.2, 0) is 0 Å². The average Bonchev–Trinajstić information content (AvgIpc) is 2.88. The van der Waals surface area contributed by atoms with E-state index in [9.17, 15) is 4.79 Å². The molecule has 0 bridgehead atoms. The summed E-state index contributed by atoms with van der Waals surface area (Å²) in [5.74, 6) is 0. The minimum atomic E-state index is -0.251. The Morgan fingerprint density at radius 1 is 1.05 bits per heavy atom. The molecule has 0 spiro atoms. The van der Waals surface area contributed by atoms with Crippen LogP contribution >= 0.6 is 0 Å². The lowest BCUT2D eigenvalue weighted by molar-refractivity contribution is 0.252. The number of carbonyl (C=O) groups is 1. The predicted octanol–water partition coefficient (Wildman–Crippen LogP) is 4.04. The average molecular weight is 279 g/mol. The first-order chi connectivity index (χ1) is 10.1. The fraction of sp³-hybridized carbons (Fsp3) is 0.176. The highest BCUT2D eigenvalue weighted by molar-refractivity contribution is 5.97. The van der Waals surface area contributed by atoms with Gasteiger partial charge in [-0.05, 0) is 55.7 Å². The molecule has 3 aromatic rings. The van der Waals surface area contributed by atoms with Gasteiger partial charge in [0.25, 0.3) is 0 Å². The van der Waals surface area contributed by atoms with E-state index in [1.807, 2.05) is 57.2 Å². The Hall–Kier alpha value is -2.62. The third-order valence-electron chi connectivity index (χ3n) is 3.78. The van der Waals surface area contributed by atoms with Crippen LogP contribution in [0.25, 0.3) is 10.9 Å². The Kier molecular flexibility index (Phi) is 3.22. The number of amides is 1. The summed E-state index contributed by atoms with van der Waals surface area (Å²) in [6.45, 7) is 6.08. The highest BCUT2D eigenvalue weighted by Crippen LogP contribution is 2.19. The van der Waals surface area contributed by atoms with Crippen molar-refractivity contribution in [1.29, 1.82) is 0 Å². The van der Waals surface area contributed by atoms with Crippen molar-refractivity contribution >= 4 is 22.6 Å². The molecule has 0 aliphatic carbocycles. The number of rotatable bonds is 1. The molecule has 0 radical (unpaired) electrons. The van der Waals surface area contributed by atoms with E-state index < -0.39 is 0 Å². The van der Waals surface area contributed by atoms with Crippen LogP contribution < -0.4 is 5.32 Å². The molecule has 0 saturated carbocycles. The van der Waals surface area contributed by atoms with E-state index in [0.29, 0.717) is 0 Å². The second-order valence-corrected chi connectivity index (χ2v) is 5.29. The number of nitrogens with one attached hydrogen (secondary N) is 1. The van der Waals surface area contributed by atoms with E-state index in [1.54, 1.807) is 6.20 Å². The zero-order valence-corrected chi connectivity index (χ0v) is 12.3. The van der Waals surface area contributed by atoms with E-state index in [4.69, 9.17) is 0 Å². The third kappa shape index (κ3) is 2.40. The summed E-state index contributed by atoms with van der Waals surface area (Å²) in [4.78, 5) is 12.4. The summed E-state index contributed by atoms with van der Waals surface area (Å²) in [6, 6.07) is 11.4. The smallest absolute Gasteiger partial charge is 0.306 e. The first kappa shape index (κ1) is 13.4. The normalized spacial score (nSPS) is 10.8. The van der Waals surface area contributed by atoms with E-state index in [1.165, 1.54) is 10.2 Å². The molecular formula is C17H17N3O. The number of carbonyl (C=O) groups excluding carboxylic acids is 1. The molecule has 106 valence electrons. The van der Waals surface area contributed by atoms with Gasteiger partial charge in [-0.2, -0.15) is 9.78 Å². The Labute approximate surface area is 123 Å². The van der Waals surface area contributed by atoms with Crippen LogP contribution in [0.1, 0.15) is 16.7 Å². The molecule has 1 amide bonds. The lowest BCUT2D eigenvalue weighted by atomic mass is 10.1. The van der Waals surface area contributed by atoms with Crippen LogP contribution in [-0.4, -0.2) is 15.8 Å².